The summed E-state index contributed by atoms with van der Waals surface area (Å²) in [5.74, 6) is 2.23. The summed E-state index contributed by atoms with van der Waals surface area (Å²) in [7, 11) is 0. The molecule has 0 spiro atoms. The molecule has 1 heterocycles. The number of hydrogen-bond donors (Lipinski definition) is 0. The Kier molecular flexibility index (Phi) is 3.29. The largest absolute Gasteiger partial charge is 0.483 e. The van der Waals surface area contributed by atoms with Crippen molar-refractivity contribution in [1.29, 1.82) is 0 Å². The Hall–Kier alpha value is -1.29. The van der Waals surface area contributed by atoms with Crippen LogP contribution in [-0.2, 0) is 6.61 Å². The summed E-state index contributed by atoms with van der Waals surface area (Å²) in [5, 5.41) is 0. The molecule has 0 aliphatic rings. The summed E-state index contributed by atoms with van der Waals surface area (Å²) in [6, 6.07) is 7.69. The van der Waals surface area contributed by atoms with Crippen LogP contribution in [0.25, 0.3) is 0 Å². The molecule has 0 bridgehead atoms. The van der Waals surface area contributed by atoms with E-state index >= 15 is 0 Å². The van der Waals surface area contributed by atoms with Crippen LogP contribution in [0.1, 0.15) is 17.3 Å². The fourth-order valence-electron chi connectivity index (χ4n) is 1.30. The van der Waals surface area contributed by atoms with Crippen LogP contribution >= 0.6 is 15.9 Å². The van der Waals surface area contributed by atoms with Crippen LogP contribution in [0.5, 0.6) is 5.75 Å². The van der Waals surface area contributed by atoms with E-state index < -0.39 is 0 Å². The lowest BCUT2D eigenvalue weighted by Crippen LogP contribution is -1.96. The molecule has 0 saturated carbocycles. The molecule has 0 N–H and O–H groups in total. The highest BCUT2D eigenvalue weighted by molar-refractivity contribution is 9.10. The molecule has 2 aromatic rings. The van der Waals surface area contributed by atoms with Gasteiger partial charge in [-0.3, -0.25) is 0 Å². The fraction of sp³-hybridized carbons (Fsp3) is 0.250. The van der Waals surface area contributed by atoms with E-state index in [-0.39, 0.29) is 0 Å². The van der Waals surface area contributed by atoms with Gasteiger partial charge in [-0.25, -0.2) is 4.98 Å². The average molecular weight is 282 g/mol. The van der Waals surface area contributed by atoms with Crippen LogP contribution in [-0.4, -0.2) is 4.98 Å². The molecule has 1 aromatic heterocycles. The molecule has 16 heavy (non-hydrogen) atoms. The first kappa shape index (κ1) is 11.2. The summed E-state index contributed by atoms with van der Waals surface area (Å²) < 4.78 is 11.9. The molecule has 0 aliphatic carbocycles. The highest BCUT2D eigenvalue weighted by Crippen LogP contribution is 2.24. The van der Waals surface area contributed by atoms with Gasteiger partial charge in [0.1, 0.15) is 11.5 Å². The zero-order valence-electron chi connectivity index (χ0n) is 9.16. The first-order chi connectivity index (χ1) is 7.66. The van der Waals surface area contributed by atoms with E-state index in [0.29, 0.717) is 12.5 Å². The highest BCUT2D eigenvalue weighted by Gasteiger charge is 2.07. The molecule has 0 aliphatic heterocycles. The molecule has 3 nitrogen and oxygen atoms in total. The Labute approximate surface area is 103 Å². The molecule has 0 radical (unpaired) electrons. The molecule has 0 saturated heterocycles. The molecule has 4 heteroatoms. The molecule has 0 atom stereocenters. The Morgan fingerprint density at radius 3 is 2.69 bits per heavy atom. The summed E-state index contributed by atoms with van der Waals surface area (Å²) in [6.07, 6.45) is 0. The number of rotatable bonds is 3. The van der Waals surface area contributed by atoms with Gasteiger partial charge in [0.15, 0.2) is 6.61 Å². The van der Waals surface area contributed by atoms with Crippen molar-refractivity contribution in [3.05, 3.63) is 46.1 Å². The first-order valence-corrected chi connectivity index (χ1v) is 5.76. The fourth-order valence-corrected chi connectivity index (χ4v) is 1.70. The predicted molar refractivity (Wildman–Crippen MR) is 64.5 cm³/mol. The quantitative estimate of drug-likeness (QED) is 0.862. The third kappa shape index (κ3) is 2.44. The number of para-hydroxylation sites is 1. The first-order valence-electron chi connectivity index (χ1n) is 4.97. The normalized spacial score (nSPS) is 10.4. The minimum atomic E-state index is 0.345. The second-order valence-electron chi connectivity index (χ2n) is 3.47. The SMILES string of the molecule is Cc1nc(COc2ccccc2Br)oc1C. The van der Waals surface area contributed by atoms with E-state index in [9.17, 15) is 0 Å². The maximum Gasteiger partial charge on any atom is 0.232 e. The van der Waals surface area contributed by atoms with E-state index in [1.165, 1.54) is 0 Å². The van der Waals surface area contributed by atoms with Crippen LogP contribution in [0, 0.1) is 13.8 Å². The second-order valence-corrected chi connectivity index (χ2v) is 4.32. The Balaban J connectivity index is 2.05. The van der Waals surface area contributed by atoms with E-state index in [4.69, 9.17) is 9.15 Å². The van der Waals surface area contributed by atoms with Crippen LogP contribution in [0.4, 0.5) is 0 Å². The molecule has 2 rings (SSSR count). The van der Waals surface area contributed by atoms with Crippen molar-refractivity contribution in [1.82, 2.24) is 4.98 Å². The number of aryl methyl sites for hydroxylation is 2. The van der Waals surface area contributed by atoms with Gasteiger partial charge in [-0.2, -0.15) is 0 Å². The van der Waals surface area contributed by atoms with E-state index in [2.05, 4.69) is 20.9 Å². The molecular formula is C12H12BrNO2. The molecule has 0 unspecified atom stereocenters. The predicted octanol–water partition coefficient (Wildman–Crippen LogP) is 3.63. The number of oxazole rings is 1. The van der Waals surface area contributed by atoms with Gasteiger partial charge in [0.25, 0.3) is 0 Å². The topological polar surface area (TPSA) is 35.3 Å². The van der Waals surface area contributed by atoms with Crippen molar-refractivity contribution >= 4 is 15.9 Å². The van der Waals surface area contributed by atoms with Gasteiger partial charge in [0, 0.05) is 0 Å². The van der Waals surface area contributed by atoms with Crippen molar-refractivity contribution < 1.29 is 9.15 Å². The number of halogens is 1. The van der Waals surface area contributed by atoms with Gasteiger partial charge in [0.05, 0.1) is 10.2 Å². The number of hydrogen-bond acceptors (Lipinski definition) is 3. The maximum atomic E-state index is 5.59. The third-order valence-electron chi connectivity index (χ3n) is 2.26. The van der Waals surface area contributed by atoms with E-state index in [0.717, 1.165) is 21.7 Å². The summed E-state index contributed by atoms with van der Waals surface area (Å²) in [6.45, 7) is 4.16. The molecule has 0 amide bonds. The van der Waals surface area contributed by atoms with Crippen molar-refractivity contribution in [3.63, 3.8) is 0 Å². The standard InChI is InChI=1S/C12H12BrNO2/c1-8-9(2)16-12(14-8)7-15-11-6-4-3-5-10(11)13/h3-6H,7H2,1-2H3. The van der Waals surface area contributed by atoms with Gasteiger partial charge in [-0.15, -0.1) is 0 Å². The van der Waals surface area contributed by atoms with Crippen LogP contribution < -0.4 is 4.74 Å². The average Bonchev–Trinajstić information content (AvgIpc) is 2.57. The number of aromatic nitrogens is 1. The van der Waals surface area contributed by atoms with Gasteiger partial charge in [-0.05, 0) is 41.9 Å². The molecule has 84 valence electrons. The number of nitrogens with zero attached hydrogens (tertiary/aromatic N) is 1. The minimum absolute atomic E-state index is 0.345. The van der Waals surface area contributed by atoms with Gasteiger partial charge in [-0.1, -0.05) is 12.1 Å². The summed E-state index contributed by atoms with van der Waals surface area (Å²) in [5.41, 5.74) is 0.908. The second kappa shape index (κ2) is 4.70. The van der Waals surface area contributed by atoms with E-state index in [1.54, 1.807) is 0 Å². The number of benzene rings is 1. The Bertz CT molecular complexity index is 474. The van der Waals surface area contributed by atoms with Crippen molar-refractivity contribution in [3.8, 4) is 5.75 Å². The zero-order valence-corrected chi connectivity index (χ0v) is 10.7. The smallest absolute Gasteiger partial charge is 0.232 e. The lowest BCUT2D eigenvalue weighted by atomic mass is 10.3. The maximum absolute atomic E-state index is 5.59. The third-order valence-corrected chi connectivity index (χ3v) is 2.92. The Morgan fingerprint density at radius 2 is 2.06 bits per heavy atom. The van der Waals surface area contributed by atoms with Gasteiger partial charge < -0.3 is 9.15 Å². The monoisotopic (exact) mass is 281 g/mol. The minimum Gasteiger partial charge on any atom is -0.483 e. The summed E-state index contributed by atoms with van der Waals surface area (Å²) in [4.78, 5) is 4.25. The van der Waals surface area contributed by atoms with E-state index in [1.807, 2.05) is 38.1 Å². The van der Waals surface area contributed by atoms with Gasteiger partial charge in [0.2, 0.25) is 5.89 Å². The lowest BCUT2D eigenvalue weighted by Gasteiger charge is -2.04. The molecular weight excluding hydrogens is 270 g/mol. The lowest BCUT2D eigenvalue weighted by molar-refractivity contribution is 0.259. The molecule has 1 aromatic carbocycles. The highest BCUT2D eigenvalue weighted by atomic mass is 79.9. The van der Waals surface area contributed by atoms with Crippen LogP contribution in [0.3, 0.4) is 0 Å². The van der Waals surface area contributed by atoms with Crippen molar-refractivity contribution in [2.75, 3.05) is 0 Å². The summed E-state index contributed by atoms with van der Waals surface area (Å²) >= 11 is 3.41. The zero-order chi connectivity index (χ0) is 11.5. The Morgan fingerprint density at radius 1 is 1.31 bits per heavy atom. The number of ether oxygens (including phenoxy) is 1. The van der Waals surface area contributed by atoms with Crippen molar-refractivity contribution in [2.24, 2.45) is 0 Å². The van der Waals surface area contributed by atoms with Crippen LogP contribution in [0.15, 0.2) is 33.2 Å². The van der Waals surface area contributed by atoms with Gasteiger partial charge >= 0.3 is 0 Å². The molecule has 0 fully saturated rings. The van der Waals surface area contributed by atoms with Crippen molar-refractivity contribution in [2.45, 2.75) is 20.5 Å². The van der Waals surface area contributed by atoms with Crippen LogP contribution in [0.2, 0.25) is 0 Å².